The lowest BCUT2D eigenvalue weighted by Gasteiger charge is -2.13. The van der Waals surface area contributed by atoms with Crippen molar-refractivity contribution in [3.63, 3.8) is 0 Å². The summed E-state index contributed by atoms with van der Waals surface area (Å²) in [7, 11) is 1.19. The molecule has 8 heteroatoms. The van der Waals surface area contributed by atoms with Crippen LogP contribution in [0.15, 0.2) is 30.3 Å². The Hall–Kier alpha value is -2.28. The second-order valence-electron chi connectivity index (χ2n) is 4.21. The summed E-state index contributed by atoms with van der Waals surface area (Å²) in [6, 6.07) is 8.15. The molecule has 2 amide bonds. The van der Waals surface area contributed by atoms with Crippen LogP contribution in [0.4, 0.5) is 4.79 Å². The summed E-state index contributed by atoms with van der Waals surface area (Å²) >= 11 is 5.54. The second-order valence-corrected chi connectivity index (χ2v) is 4.52. The van der Waals surface area contributed by atoms with E-state index < -0.39 is 24.0 Å². The van der Waals surface area contributed by atoms with Gasteiger partial charge in [0.25, 0.3) is 0 Å². The average molecular weight is 329 g/mol. The van der Waals surface area contributed by atoms with Gasteiger partial charge >= 0.3 is 12.1 Å². The molecular formula is C14H17ClN2O5. The molecule has 2 N–H and O–H groups in total. The smallest absolute Gasteiger partial charge is 0.407 e. The van der Waals surface area contributed by atoms with Crippen LogP contribution < -0.4 is 10.6 Å². The van der Waals surface area contributed by atoms with Gasteiger partial charge in [-0.2, -0.15) is 0 Å². The first-order chi connectivity index (χ1) is 10.6. The molecule has 22 heavy (non-hydrogen) atoms. The maximum Gasteiger partial charge on any atom is 0.407 e. The van der Waals surface area contributed by atoms with Crippen LogP contribution in [0.5, 0.6) is 0 Å². The molecule has 7 nitrogen and oxygen atoms in total. The van der Waals surface area contributed by atoms with Gasteiger partial charge in [0.1, 0.15) is 19.2 Å². The molecule has 0 radical (unpaired) electrons. The first-order valence-corrected chi connectivity index (χ1v) is 6.98. The Morgan fingerprint density at radius 3 is 2.50 bits per heavy atom. The number of carbonyl (C=O) groups is 3. The zero-order valence-corrected chi connectivity index (χ0v) is 12.8. The quantitative estimate of drug-likeness (QED) is 0.570. The summed E-state index contributed by atoms with van der Waals surface area (Å²) in [5.41, 5.74) is 0.829. The first kappa shape index (κ1) is 17.8. The highest BCUT2D eigenvalue weighted by Gasteiger charge is 2.20. The van der Waals surface area contributed by atoms with Crippen molar-refractivity contribution < 1.29 is 23.9 Å². The summed E-state index contributed by atoms with van der Waals surface area (Å²) in [5, 5.41) is 4.60. The number of esters is 1. The van der Waals surface area contributed by atoms with Gasteiger partial charge in [0.05, 0.1) is 13.0 Å². The van der Waals surface area contributed by atoms with Crippen molar-refractivity contribution in [1.29, 1.82) is 0 Å². The summed E-state index contributed by atoms with van der Waals surface area (Å²) in [5.74, 6) is -1.36. The van der Waals surface area contributed by atoms with Gasteiger partial charge in [-0.05, 0) is 5.56 Å². The van der Waals surface area contributed by atoms with Crippen LogP contribution in [0.3, 0.4) is 0 Å². The van der Waals surface area contributed by atoms with Gasteiger partial charge in [0, 0.05) is 0 Å². The van der Waals surface area contributed by atoms with Gasteiger partial charge in [-0.15, -0.1) is 11.6 Å². The Morgan fingerprint density at radius 1 is 1.23 bits per heavy atom. The molecule has 0 aliphatic rings. The minimum absolute atomic E-state index is 0.0980. The van der Waals surface area contributed by atoms with Gasteiger partial charge in [0.2, 0.25) is 5.91 Å². The van der Waals surface area contributed by atoms with E-state index in [4.69, 9.17) is 16.3 Å². The molecule has 0 heterocycles. The van der Waals surface area contributed by atoms with Gasteiger partial charge in [-0.1, -0.05) is 30.3 Å². The van der Waals surface area contributed by atoms with E-state index in [-0.39, 0.29) is 19.0 Å². The lowest BCUT2D eigenvalue weighted by molar-refractivity contribution is -0.144. The summed E-state index contributed by atoms with van der Waals surface area (Å²) in [6.07, 6.45) is -0.737. The zero-order valence-electron chi connectivity index (χ0n) is 12.0. The van der Waals surface area contributed by atoms with Crippen molar-refractivity contribution in [3.05, 3.63) is 35.9 Å². The molecule has 0 aliphatic heterocycles. The minimum atomic E-state index is -0.957. The molecule has 1 aromatic carbocycles. The van der Waals surface area contributed by atoms with Crippen molar-refractivity contribution >= 4 is 29.6 Å². The number of ether oxygens (including phenoxy) is 2. The van der Waals surface area contributed by atoms with Crippen LogP contribution in [0.25, 0.3) is 0 Å². The number of rotatable bonds is 7. The van der Waals surface area contributed by atoms with E-state index in [0.717, 1.165) is 5.56 Å². The Balaban J connectivity index is 2.28. The molecule has 0 fully saturated rings. The SMILES string of the molecule is COC(=O)[C@H](CCl)NC(=O)CNC(=O)OCc1ccccc1. The first-order valence-electron chi connectivity index (χ1n) is 6.44. The van der Waals surface area contributed by atoms with Crippen molar-refractivity contribution in [3.8, 4) is 0 Å². The molecule has 0 bridgehead atoms. The monoisotopic (exact) mass is 328 g/mol. The highest BCUT2D eigenvalue weighted by molar-refractivity contribution is 6.20. The van der Waals surface area contributed by atoms with Crippen LogP contribution >= 0.6 is 11.6 Å². The van der Waals surface area contributed by atoms with E-state index in [1.807, 2.05) is 18.2 Å². The van der Waals surface area contributed by atoms with Crippen LogP contribution in [0.1, 0.15) is 5.56 Å². The number of benzene rings is 1. The normalized spacial score (nSPS) is 11.2. The third kappa shape index (κ3) is 6.45. The number of alkyl halides is 1. The number of hydrogen-bond donors (Lipinski definition) is 2. The second kappa shape index (κ2) is 9.62. The topological polar surface area (TPSA) is 93.7 Å². The lowest BCUT2D eigenvalue weighted by atomic mass is 10.2. The summed E-state index contributed by atoms with van der Waals surface area (Å²) in [6.45, 7) is -0.237. The van der Waals surface area contributed by atoms with Gasteiger partial charge < -0.3 is 20.1 Å². The van der Waals surface area contributed by atoms with E-state index in [9.17, 15) is 14.4 Å². The predicted octanol–water partition coefficient (Wildman–Crippen LogP) is 0.809. The molecule has 0 aliphatic carbocycles. The largest absolute Gasteiger partial charge is 0.467 e. The Morgan fingerprint density at radius 2 is 1.91 bits per heavy atom. The molecule has 120 valence electrons. The van der Waals surface area contributed by atoms with Gasteiger partial charge in [-0.25, -0.2) is 9.59 Å². The average Bonchev–Trinajstić information content (AvgIpc) is 2.56. The van der Waals surface area contributed by atoms with E-state index >= 15 is 0 Å². The Bertz CT molecular complexity index is 509. The zero-order chi connectivity index (χ0) is 16.4. The maximum absolute atomic E-state index is 11.6. The molecule has 1 rings (SSSR count). The third-order valence-corrected chi connectivity index (χ3v) is 2.89. The van der Waals surface area contributed by atoms with Crippen LogP contribution in [-0.2, 0) is 25.7 Å². The predicted molar refractivity (Wildman–Crippen MR) is 79.3 cm³/mol. The summed E-state index contributed by atoms with van der Waals surface area (Å²) < 4.78 is 9.40. The number of nitrogens with one attached hydrogen (secondary N) is 2. The fraction of sp³-hybridized carbons (Fsp3) is 0.357. The Labute approximate surface area is 132 Å². The number of halogens is 1. The van der Waals surface area contributed by atoms with E-state index in [1.165, 1.54) is 7.11 Å². The van der Waals surface area contributed by atoms with E-state index in [1.54, 1.807) is 12.1 Å². The lowest BCUT2D eigenvalue weighted by Crippen LogP contribution is -2.47. The molecular weight excluding hydrogens is 312 g/mol. The van der Waals surface area contributed by atoms with Crippen molar-refractivity contribution in [2.45, 2.75) is 12.6 Å². The van der Waals surface area contributed by atoms with Crippen LogP contribution in [0, 0.1) is 0 Å². The number of methoxy groups -OCH3 is 1. The standard InChI is InChI=1S/C14H17ClN2O5/c1-21-13(19)11(7-15)17-12(18)8-16-14(20)22-9-10-5-3-2-4-6-10/h2-6,11H,7-9H2,1H3,(H,16,20)(H,17,18)/t11-/m0/s1. The third-order valence-electron chi connectivity index (χ3n) is 2.58. The number of alkyl carbamates (subject to hydrolysis) is 1. The minimum Gasteiger partial charge on any atom is -0.467 e. The molecule has 1 atom stereocenters. The highest BCUT2D eigenvalue weighted by atomic mass is 35.5. The van der Waals surface area contributed by atoms with Gasteiger partial charge in [-0.3, -0.25) is 4.79 Å². The highest BCUT2D eigenvalue weighted by Crippen LogP contribution is 2.00. The maximum atomic E-state index is 11.6. The van der Waals surface area contributed by atoms with E-state index in [2.05, 4.69) is 15.4 Å². The molecule has 0 unspecified atom stereocenters. The van der Waals surface area contributed by atoms with Crippen LogP contribution in [-0.4, -0.2) is 43.5 Å². The molecule has 1 aromatic rings. The summed E-state index contributed by atoms with van der Waals surface area (Å²) in [4.78, 5) is 34.2. The number of carbonyl (C=O) groups excluding carboxylic acids is 3. The fourth-order valence-corrected chi connectivity index (χ4v) is 1.68. The number of amides is 2. The molecule has 0 spiro atoms. The number of hydrogen-bond acceptors (Lipinski definition) is 5. The molecule has 0 saturated carbocycles. The van der Waals surface area contributed by atoms with Crippen molar-refractivity contribution in [1.82, 2.24) is 10.6 Å². The Kier molecular flexibility index (Phi) is 7.77. The molecule has 0 aromatic heterocycles. The van der Waals surface area contributed by atoms with Crippen molar-refractivity contribution in [2.24, 2.45) is 0 Å². The van der Waals surface area contributed by atoms with E-state index in [0.29, 0.717) is 0 Å². The van der Waals surface area contributed by atoms with Crippen molar-refractivity contribution in [2.75, 3.05) is 19.5 Å². The van der Waals surface area contributed by atoms with Crippen LogP contribution in [0.2, 0.25) is 0 Å². The fourth-order valence-electron chi connectivity index (χ4n) is 1.47. The molecule has 0 saturated heterocycles. The van der Waals surface area contributed by atoms with Gasteiger partial charge in [0.15, 0.2) is 0 Å².